The second-order valence-corrected chi connectivity index (χ2v) is 7.40. The molecule has 1 saturated heterocycles. The monoisotopic (exact) mass is 284 g/mol. The largest absolute Gasteiger partial charge is 0.444 e. The molecule has 5 nitrogen and oxygen atoms in total. The number of hydrogen-bond donors (Lipinski definition) is 2. The van der Waals surface area contributed by atoms with Gasteiger partial charge in [-0.15, -0.1) is 0 Å². The summed E-state index contributed by atoms with van der Waals surface area (Å²) in [4.78, 5) is 13.7. The summed E-state index contributed by atoms with van der Waals surface area (Å²) in [6.07, 6.45) is 2.96. The lowest BCUT2D eigenvalue weighted by Gasteiger charge is -2.59. The minimum Gasteiger partial charge on any atom is -0.444 e. The third-order valence-electron chi connectivity index (χ3n) is 4.25. The van der Waals surface area contributed by atoms with Gasteiger partial charge in [-0.1, -0.05) is 6.92 Å². The molecule has 2 rings (SSSR count). The first-order valence-corrected chi connectivity index (χ1v) is 7.62. The van der Waals surface area contributed by atoms with Crippen LogP contribution in [0.1, 0.15) is 47.0 Å². The van der Waals surface area contributed by atoms with E-state index in [2.05, 4.69) is 12.2 Å². The van der Waals surface area contributed by atoms with E-state index in [9.17, 15) is 9.90 Å². The fourth-order valence-electron chi connectivity index (χ4n) is 3.21. The van der Waals surface area contributed by atoms with Crippen molar-refractivity contribution in [3.63, 3.8) is 0 Å². The Hall–Kier alpha value is -0.810. The Labute approximate surface area is 121 Å². The van der Waals surface area contributed by atoms with Crippen LogP contribution in [-0.4, -0.2) is 53.5 Å². The Morgan fingerprint density at radius 3 is 2.50 bits per heavy atom. The Morgan fingerprint density at radius 1 is 1.45 bits per heavy atom. The van der Waals surface area contributed by atoms with Gasteiger partial charge in [0.1, 0.15) is 5.60 Å². The zero-order valence-electron chi connectivity index (χ0n) is 13.1. The predicted molar refractivity (Wildman–Crippen MR) is 77.6 cm³/mol. The van der Waals surface area contributed by atoms with Crippen molar-refractivity contribution in [3.8, 4) is 0 Å². The Morgan fingerprint density at radius 2 is 2.05 bits per heavy atom. The number of aliphatic hydroxyl groups excluding tert-OH is 1. The smallest absolute Gasteiger partial charge is 0.410 e. The van der Waals surface area contributed by atoms with Crippen LogP contribution in [0.25, 0.3) is 0 Å². The summed E-state index contributed by atoms with van der Waals surface area (Å²) in [5.41, 5.74) is -0.110. The van der Waals surface area contributed by atoms with E-state index in [1.165, 1.54) is 0 Å². The lowest BCUT2D eigenvalue weighted by Crippen LogP contribution is -2.68. The SMILES string of the molecule is CCC(CO)NC1CC2(C1)CN(C(=O)OC(C)(C)C)C2. The highest BCUT2D eigenvalue weighted by Gasteiger charge is 2.54. The number of rotatable bonds is 4. The average Bonchev–Trinajstić information content (AvgIpc) is 2.22. The number of likely N-dealkylation sites (tertiary alicyclic amines) is 1. The molecule has 0 bridgehead atoms. The minimum absolute atomic E-state index is 0.193. The van der Waals surface area contributed by atoms with Gasteiger partial charge in [0.25, 0.3) is 0 Å². The van der Waals surface area contributed by atoms with E-state index in [1.807, 2.05) is 20.8 Å². The van der Waals surface area contributed by atoms with Gasteiger partial charge >= 0.3 is 6.09 Å². The van der Waals surface area contributed by atoms with Gasteiger partial charge in [0.15, 0.2) is 0 Å². The molecule has 1 atom stereocenters. The van der Waals surface area contributed by atoms with Gasteiger partial charge in [0.2, 0.25) is 0 Å². The fourth-order valence-corrected chi connectivity index (χ4v) is 3.21. The Kier molecular flexibility index (Phi) is 4.30. The summed E-state index contributed by atoms with van der Waals surface area (Å²) < 4.78 is 5.37. The van der Waals surface area contributed by atoms with Gasteiger partial charge in [-0.25, -0.2) is 4.79 Å². The van der Waals surface area contributed by atoms with Gasteiger partial charge in [-0.2, -0.15) is 0 Å². The molecule has 5 heteroatoms. The van der Waals surface area contributed by atoms with Crippen molar-refractivity contribution in [2.75, 3.05) is 19.7 Å². The molecule has 0 aromatic rings. The summed E-state index contributed by atoms with van der Waals surface area (Å²) in [5.74, 6) is 0. The van der Waals surface area contributed by atoms with Crippen molar-refractivity contribution in [1.29, 1.82) is 0 Å². The molecule has 1 saturated carbocycles. The molecule has 1 aliphatic heterocycles. The van der Waals surface area contributed by atoms with E-state index in [4.69, 9.17) is 4.74 Å². The molecule has 1 spiro atoms. The second kappa shape index (κ2) is 5.53. The molecule has 1 unspecified atom stereocenters. The van der Waals surface area contributed by atoms with Crippen LogP contribution < -0.4 is 5.32 Å². The summed E-state index contributed by atoms with van der Waals surface area (Å²) in [6.45, 7) is 9.59. The van der Waals surface area contributed by atoms with E-state index in [-0.39, 0.29) is 18.7 Å². The average molecular weight is 284 g/mol. The van der Waals surface area contributed by atoms with Crippen LogP contribution in [0.15, 0.2) is 0 Å². The van der Waals surface area contributed by atoms with Crippen molar-refractivity contribution in [1.82, 2.24) is 10.2 Å². The first-order chi connectivity index (χ1) is 9.27. The summed E-state index contributed by atoms with van der Waals surface area (Å²) in [5, 5.41) is 12.7. The van der Waals surface area contributed by atoms with Crippen LogP contribution in [0.2, 0.25) is 0 Å². The predicted octanol–water partition coefficient (Wildman–Crippen LogP) is 1.75. The molecule has 1 amide bonds. The normalized spacial score (nSPS) is 23.1. The number of nitrogens with zero attached hydrogens (tertiary/aromatic N) is 1. The van der Waals surface area contributed by atoms with Crippen LogP contribution in [0, 0.1) is 5.41 Å². The van der Waals surface area contributed by atoms with E-state index < -0.39 is 5.60 Å². The number of ether oxygens (including phenoxy) is 1. The number of hydrogen-bond acceptors (Lipinski definition) is 4. The van der Waals surface area contributed by atoms with Crippen molar-refractivity contribution in [3.05, 3.63) is 0 Å². The Balaban J connectivity index is 1.69. The number of carbonyl (C=O) groups excluding carboxylic acids is 1. The van der Waals surface area contributed by atoms with Gasteiger partial charge in [0.05, 0.1) is 6.61 Å². The van der Waals surface area contributed by atoms with Gasteiger partial charge in [-0.3, -0.25) is 0 Å². The van der Waals surface area contributed by atoms with Crippen molar-refractivity contribution in [2.45, 2.75) is 64.6 Å². The zero-order valence-corrected chi connectivity index (χ0v) is 13.1. The van der Waals surface area contributed by atoms with E-state index in [0.29, 0.717) is 11.5 Å². The van der Waals surface area contributed by atoms with Crippen molar-refractivity contribution in [2.24, 2.45) is 5.41 Å². The standard InChI is InChI=1S/C15H28N2O3/c1-5-11(8-18)16-12-6-15(7-12)9-17(10-15)13(19)20-14(2,3)4/h11-12,16,18H,5-10H2,1-4H3. The fraction of sp³-hybridized carbons (Fsp3) is 0.933. The van der Waals surface area contributed by atoms with E-state index in [0.717, 1.165) is 32.4 Å². The highest BCUT2D eigenvalue weighted by Crippen LogP contribution is 2.48. The van der Waals surface area contributed by atoms with Crippen LogP contribution in [0.4, 0.5) is 4.79 Å². The lowest BCUT2D eigenvalue weighted by atomic mass is 9.60. The molecular weight excluding hydrogens is 256 g/mol. The molecule has 0 radical (unpaired) electrons. The molecule has 2 fully saturated rings. The highest BCUT2D eigenvalue weighted by atomic mass is 16.6. The van der Waals surface area contributed by atoms with Gasteiger partial charge < -0.3 is 20.1 Å². The number of carbonyl (C=O) groups is 1. The molecule has 20 heavy (non-hydrogen) atoms. The van der Waals surface area contributed by atoms with E-state index in [1.54, 1.807) is 4.90 Å². The molecule has 2 aliphatic rings. The topological polar surface area (TPSA) is 61.8 Å². The second-order valence-electron chi connectivity index (χ2n) is 7.40. The lowest BCUT2D eigenvalue weighted by molar-refractivity contribution is -0.0851. The maximum absolute atomic E-state index is 11.9. The minimum atomic E-state index is -0.418. The Bertz CT molecular complexity index is 347. The van der Waals surface area contributed by atoms with Crippen molar-refractivity contribution >= 4 is 6.09 Å². The number of aliphatic hydroxyl groups is 1. The number of nitrogens with one attached hydrogen (secondary N) is 1. The summed E-state index contributed by atoms with van der Waals surface area (Å²) in [7, 11) is 0. The molecule has 1 heterocycles. The summed E-state index contributed by atoms with van der Waals surface area (Å²) in [6, 6.07) is 0.701. The molecule has 0 aromatic heterocycles. The van der Waals surface area contributed by atoms with Crippen LogP contribution in [-0.2, 0) is 4.74 Å². The van der Waals surface area contributed by atoms with Crippen LogP contribution >= 0.6 is 0 Å². The zero-order chi connectivity index (χ0) is 15.0. The van der Waals surface area contributed by atoms with Gasteiger partial charge in [0, 0.05) is 30.6 Å². The third kappa shape index (κ3) is 3.44. The molecular formula is C15H28N2O3. The van der Waals surface area contributed by atoms with Crippen LogP contribution in [0.3, 0.4) is 0 Å². The first-order valence-electron chi connectivity index (χ1n) is 7.62. The molecule has 2 N–H and O–H groups in total. The molecule has 1 aliphatic carbocycles. The number of amides is 1. The summed E-state index contributed by atoms with van der Waals surface area (Å²) >= 11 is 0. The third-order valence-corrected chi connectivity index (χ3v) is 4.25. The quantitative estimate of drug-likeness (QED) is 0.825. The van der Waals surface area contributed by atoms with Crippen LogP contribution in [0.5, 0.6) is 0 Å². The van der Waals surface area contributed by atoms with E-state index >= 15 is 0 Å². The van der Waals surface area contributed by atoms with Gasteiger partial charge in [-0.05, 0) is 40.0 Å². The molecule has 116 valence electrons. The highest BCUT2D eigenvalue weighted by molar-refractivity contribution is 5.69. The first kappa shape index (κ1) is 15.6. The maximum atomic E-state index is 11.9. The maximum Gasteiger partial charge on any atom is 0.410 e. The molecule has 0 aromatic carbocycles. The van der Waals surface area contributed by atoms with Crippen molar-refractivity contribution < 1.29 is 14.6 Å².